The molecule has 2 saturated heterocycles. The van der Waals surface area contributed by atoms with Crippen molar-refractivity contribution in [2.45, 2.75) is 44.0 Å². The number of hydrogen-bond acceptors (Lipinski definition) is 4. The zero-order chi connectivity index (χ0) is 20.3. The fourth-order valence-corrected chi connectivity index (χ4v) is 5.43. The third kappa shape index (κ3) is 4.61. The highest BCUT2D eigenvalue weighted by Crippen LogP contribution is 2.18. The van der Waals surface area contributed by atoms with E-state index < -0.39 is 10.0 Å². The van der Waals surface area contributed by atoms with E-state index in [0.29, 0.717) is 44.3 Å². The van der Waals surface area contributed by atoms with E-state index in [4.69, 9.17) is 0 Å². The van der Waals surface area contributed by atoms with Crippen molar-refractivity contribution >= 4 is 21.7 Å². The van der Waals surface area contributed by atoms with Crippen molar-refractivity contribution in [3.8, 4) is 0 Å². The molecule has 2 aliphatic rings. The Bertz CT molecular complexity index is 814. The van der Waals surface area contributed by atoms with Crippen LogP contribution in [0.3, 0.4) is 0 Å². The predicted molar refractivity (Wildman–Crippen MR) is 106 cm³/mol. The number of nitrogens with one attached hydrogen (secondary N) is 1. The van der Waals surface area contributed by atoms with Gasteiger partial charge in [-0.2, -0.15) is 4.31 Å². The van der Waals surface area contributed by atoms with Gasteiger partial charge < -0.3 is 9.80 Å². The Morgan fingerprint density at radius 3 is 2.29 bits per heavy atom. The molecular weight excluding hydrogens is 378 g/mol. The smallest absolute Gasteiger partial charge is 0.277 e. The highest BCUT2D eigenvalue weighted by Gasteiger charge is 2.32. The summed E-state index contributed by atoms with van der Waals surface area (Å²) in [4.78, 5) is 27.3. The molecule has 2 atom stereocenters. The normalized spacial score (nSPS) is 24.1. The standard InChI is InChI=1S/C20H29N3O4S/c1-16-5-3-4-10-22(16)15-20(25)21-11-13-23(14-12-21)28(26,27)19-8-6-18(7-9-19)17(2)24/h6-9,16H,3-5,10-15H2,1-2H3/p+1/t16-/m1/s1. The number of ketones is 1. The van der Waals surface area contributed by atoms with Crippen LogP contribution in [-0.4, -0.2) is 74.6 Å². The Morgan fingerprint density at radius 1 is 1.07 bits per heavy atom. The van der Waals surface area contributed by atoms with E-state index in [2.05, 4.69) is 6.92 Å². The molecule has 1 amide bonds. The predicted octanol–water partition coefficient (Wildman–Crippen LogP) is 0.179. The first-order chi connectivity index (χ1) is 13.3. The quantitative estimate of drug-likeness (QED) is 0.705. The van der Waals surface area contributed by atoms with E-state index in [0.717, 1.165) is 13.0 Å². The Labute approximate surface area is 167 Å². The monoisotopic (exact) mass is 408 g/mol. The first kappa shape index (κ1) is 21.0. The van der Waals surface area contributed by atoms with Gasteiger partial charge in [0.2, 0.25) is 10.0 Å². The number of hydrogen-bond donors (Lipinski definition) is 1. The minimum Gasteiger partial charge on any atom is -0.335 e. The van der Waals surface area contributed by atoms with Gasteiger partial charge in [0.05, 0.1) is 17.5 Å². The van der Waals surface area contributed by atoms with Crippen molar-refractivity contribution in [1.82, 2.24) is 9.21 Å². The third-order valence-electron chi connectivity index (χ3n) is 5.95. The van der Waals surface area contributed by atoms with Gasteiger partial charge >= 0.3 is 0 Å². The van der Waals surface area contributed by atoms with Crippen LogP contribution in [0.25, 0.3) is 0 Å². The molecule has 2 heterocycles. The van der Waals surface area contributed by atoms with Crippen molar-refractivity contribution in [3.63, 3.8) is 0 Å². The van der Waals surface area contributed by atoms with Crippen LogP contribution < -0.4 is 4.90 Å². The summed E-state index contributed by atoms with van der Waals surface area (Å²) in [5.41, 5.74) is 0.490. The molecule has 0 radical (unpaired) electrons. The summed E-state index contributed by atoms with van der Waals surface area (Å²) in [7, 11) is -3.61. The molecule has 0 saturated carbocycles. The summed E-state index contributed by atoms with van der Waals surface area (Å²) in [5.74, 6) is 0.0211. The van der Waals surface area contributed by atoms with Crippen LogP contribution in [0.1, 0.15) is 43.5 Å². The second kappa shape index (κ2) is 8.71. The number of nitrogens with zero attached hydrogens (tertiary/aromatic N) is 2. The van der Waals surface area contributed by atoms with Crippen molar-refractivity contribution < 1.29 is 22.9 Å². The molecule has 1 aromatic carbocycles. The van der Waals surface area contributed by atoms with Gasteiger partial charge in [0.1, 0.15) is 0 Å². The van der Waals surface area contributed by atoms with Crippen LogP contribution in [-0.2, 0) is 14.8 Å². The molecule has 154 valence electrons. The van der Waals surface area contributed by atoms with Crippen LogP contribution in [0, 0.1) is 0 Å². The summed E-state index contributed by atoms with van der Waals surface area (Å²) >= 11 is 0. The largest absolute Gasteiger partial charge is 0.335 e. The summed E-state index contributed by atoms with van der Waals surface area (Å²) in [6.45, 7) is 6.63. The van der Waals surface area contributed by atoms with Crippen molar-refractivity contribution in [2.75, 3.05) is 39.3 Å². The second-order valence-corrected chi connectivity index (χ2v) is 9.79. The van der Waals surface area contributed by atoms with E-state index in [-0.39, 0.29) is 16.6 Å². The number of carbonyl (C=O) groups excluding carboxylic acids is 2. The fraction of sp³-hybridized carbons (Fsp3) is 0.600. The average molecular weight is 409 g/mol. The third-order valence-corrected chi connectivity index (χ3v) is 7.86. The number of quaternary nitrogens is 1. The van der Waals surface area contributed by atoms with Crippen LogP contribution in [0.2, 0.25) is 0 Å². The average Bonchev–Trinajstić information content (AvgIpc) is 2.70. The van der Waals surface area contributed by atoms with Crippen molar-refractivity contribution in [1.29, 1.82) is 0 Å². The number of likely N-dealkylation sites (tertiary alicyclic amines) is 1. The van der Waals surface area contributed by atoms with Gasteiger partial charge in [0.15, 0.2) is 12.3 Å². The number of rotatable bonds is 5. The molecule has 2 aliphatic heterocycles. The Kier molecular flexibility index (Phi) is 6.52. The molecule has 28 heavy (non-hydrogen) atoms. The van der Waals surface area contributed by atoms with E-state index in [1.54, 1.807) is 4.90 Å². The van der Waals surface area contributed by atoms with Crippen LogP contribution in [0.4, 0.5) is 0 Å². The SMILES string of the molecule is CC(=O)c1ccc(S(=O)(=O)N2CCN(C(=O)C[NH+]3CCCC[C@H]3C)CC2)cc1. The lowest BCUT2D eigenvalue weighted by molar-refractivity contribution is -0.921. The molecule has 7 nitrogen and oxygen atoms in total. The zero-order valence-electron chi connectivity index (χ0n) is 16.7. The maximum absolute atomic E-state index is 12.8. The van der Waals surface area contributed by atoms with Gasteiger partial charge in [-0.3, -0.25) is 9.59 Å². The molecule has 1 unspecified atom stereocenters. The van der Waals surface area contributed by atoms with Crippen LogP contribution >= 0.6 is 0 Å². The highest BCUT2D eigenvalue weighted by atomic mass is 32.2. The van der Waals surface area contributed by atoms with Crippen LogP contribution in [0.5, 0.6) is 0 Å². The molecular formula is C20H30N3O4S+. The van der Waals surface area contributed by atoms with Crippen molar-refractivity contribution in [2.24, 2.45) is 0 Å². The molecule has 0 aromatic heterocycles. The molecule has 0 aliphatic carbocycles. The van der Waals surface area contributed by atoms with Crippen molar-refractivity contribution in [3.05, 3.63) is 29.8 Å². The second-order valence-electron chi connectivity index (χ2n) is 7.85. The number of amides is 1. The number of piperazine rings is 1. The van der Waals surface area contributed by atoms with Gasteiger partial charge in [0, 0.05) is 31.7 Å². The summed E-state index contributed by atoms with van der Waals surface area (Å²) in [5, 5.41) is 0. The van der Waals surface area contributed by atoms with E-state index in [1.807, 2.05) is 0 Å². The number of benzene rings is 1. The fourth-order valence-electron chi connectivity index (χ4n) is 4.01. The molecule has 0 spiro atoms. The highest BCUT2D eigenvalue weighted by molar-refractivity contribution is 7.89. The van der Waals surface area contributed by atoms with Gasteiger partial charge in [-0.1, -0.05) is 12.1 Å². The van der Waals surface area contributed by atoms with E-state index in [9.17, 15) is 18.0 Å². The van der Waals surface area contributed by atoms with Gasteiger partial charge in [-0.25, -0.2) is 8.42 Å². The maximum atomic E-state index is 12.8. The molecule has 1 aromatic rings. The number of carbonyl (C=O) groups is 2. The first-order valence-corrected chi connectivity index (χ1v) is 11.5. The zero-order valence-corrected chi connectivity index (χ0v) is 17.5. The summed E-state index contributed by atoms with van der Waals surface area (Å²) in [6.07, 6.45) is 3.57. The minimum atomic E-state index is -3.61. The minimum absolute atomic E-state index is 0.0961. The van der Waals surface area contributed by atoms with Crippen LogP contribution in [0.15, 0.2) is 29.2 Å². The molecule has 0 bridgehead atoms. The molecule has 3 rings (SSSR count). The number of piperidine rings is 1. The molecule has 2 fully saturated rings. The maximum Gasteiger partial charge on any atom is 0.277 e. The van der Waals surface area contributed by atoms with Gasteiger partial charge in [-0.05, 0) is 45.2 Å². The topological polar surface area (TPSA) is 79.2 Å². The Hall–Kier alpha value is -1.77. The van der Waals surface area contributed by atoms with Gasteiger partial charge in [0.25, 0.3) is 5.91 Å². The first-order valence-electron chi connectivity index (χ1n) is 10.0. The summed E-state index contributed by atoms with van der Waals surface area (Å²) < 4.78 is 27.1. The van der Waals surface area contributed by atoms with E-state index >= 15 is 0 Å². The Morgan fingerprint density at radius 2 is 1.71 bits per heavy atom. The molecule has 8 heteroatoms. The lowest BCUT2D eigenvalue weighted by atomic mass is 10.0. The Balaban J connectivity index is 1.58. The molecule has 1 N–H and O–H groups in total. The van der Waals surface area contributed by atoms with E-state index in [1.165, 1.54) is 53.2 Å². The number of Topliss-reactive ketones (excluding diaryl/α,β-unsaturated/α-hetero) is 1. The lowest BCUT2D eigenvalue weighted by Gasteiger charge is -2.36. The number of sulfonamides is 1. The summed E-state index contributed by atoms with van der Waals surface area (Å²) in [6, 6.07) is 6.54. The lowest BCUT2D eigenvalue weighted by Crippen LogP contribution is -3.17. The van der Waals surface area contributed by atoms with Gasteiger partial charge in [-0.15, -0.1) is 0 Å².